The maximum atomic E-state index is 14.1. The van der Waals surface area contributed by atoms with Crippen molar-refractivity contribution in [2.24, 2.45) is 5.92 Å². The predicted octanol–water partition coefficient (Wildman–Crippen LogP) is 5.53. The Hall–Kier alpha value is -4.59. The molecule has 6 rings (SSSR count). The monoisotopic (exact) mass is 674 g/mol. The Morgan fingerprint density at radius 1 is 1.02 bits per heavy atom. The third kappa shape index (κ3) is 6.98. The maximum Gasteiger partial charge on any atom is 0.240 e. The van der Waals surface area contributed by atoms with Gasteiger partial charge in [-0.25, -0.2) is 17.5 Å². The predicted molar refractivity (Wildman–Crippen MR) is 181 cm³/mol. The number of nitrogens with one attached hydrogen (secondary N) is 2. The van der Waals surface area contributed by atoms with Gasteiger partial charge in [0.15, 0.2) is 5.78 Å². The molecule has 13 heteroatoms. The first-order chi connectivity index (χ1) is 23.2. The summed E-state index contributed by atoms with van der Waals surface area (Å²) in [5.74, 6) is 1.18. The molecule has 1 aliphatic rings. The summed E-state index contributed by atoms with van der Waals surface area (Å²) in [4.78, 5) is 18.3. The Kier molecular flexibility index (Phi) is 9.90. The summed E-state index contributed by atoms with van der Waals surface area (Å²) in [6, 6.07) is 16.6. The van der Waals surface area contributed by atoms with Crippen molar-refractivity contribution < 1.29 is 27.1 Å². The lowest BCUT2D eigenvalue weighted by Gasteiger charge is -2.31. The SMILES string of the molecule is CCC(=O)c1[nH]c2ccc(F)cc2c1-c1cn(CC2CCN(CCNS(=O)(=O)c3ccc(-c4c(OC)cccc4OC)cc3)CC2)nn1. The van der Waals surface area contributed by atoms with Gasteiger partial charge in [-0.05, 0) is 79.9 Å². The summed E-state index contributed by atoms with van der Waals surface area (Å²) in [5.41, 5.74) is 3.75. The van der Waals surface area contributed by atoms with Gasteiger partial charge in [-0.15, -0.1) is 5.10 Å². The molecule has 1 saturated heterocycles. The Morgan fingerprint density at radius 2 is 1.73 bits per heavy atom. The first-order valence-electron chi connectivity index (χ1n) is 16.0. The summed E-state index contributed by atoms with van der Waals surface area (Å²) in [6.45, 7) is 5.02. The van der Waals surface area contributed by atoms with Crippen LogP contribution in [0.3, 0.4) is 0 Å². The van der Waals surface area contributed by atoms with Crippen molar-refractivity contribution in [2.75, 3.05) is 40.4 Å². The van der Waals surface area contributed by atoms with Crippen LogP contribution in [-0.2, 0) is 16.6 Å². The summed E-state index contributed by atoms with van der Waals surface area (Å²) in [6.07, 6.45) is 3.98. The molecule has 0 atom stereocenters. The van der Waals surface area contributed by atoms with Gasteiger partial charge >= 0.3 is 0 Å². The van der Waals surface area contributed by atoms with Crippen LogP contribution in [-0.4, -0.2) is 79.5 Å². The molecular weight excluding hydrogens is 635 g/mol. The van der Waals surface area contributed by atoms with Crippen LogP contribution in [0.2, 0.25) is 0 Å². The van der Waals surface area contributed by atoms with Gasteiger partial charge < -0.3 is 19.4 Å². The van der Waals surface area contributed by atoms with Crippen LogP contribution >= 0.6 is 0 Å². The van der Waals surface area contributed by atoms with E-state index in [1.54, 1.807) is 56.2 Å². The zero-order chi connectivity index (χ0) is 33.8. The first-order valence-corrected chi connectivity index (χ1v) is 17.5. The third-order valence-electron chi connectivity index (χ3n) is 8.91. The lowest BCUT2D eigenvalue weighted by Crippen LogP contribution is -2.40. The molecule has 3 heterocycles. The number of methoxy groups -OCH3 is 2. The number of hydrogen-bond acceptors (Lipinski definition) is 8. The minimum absolute atomic E-state index is 0.0751. The Bertz CT molecular complexity index is 1990. The van der Waals surface area contributed by atoms with Gasteiger partial charge in [0.25, 0.3) is 0 Å². The molecule has 3 aromatic carbocycles. The molecular formula is C35H39FN6O5S. The molecule has 2 N–H and O–H groups in total. The van der Waals surface area contributed by atoms with Crippen molar-refractivity contribution in [1.29, 1.82) is 0 Å². The summed E-state index contributed by atoms with van der Waals surface area (Å²) < 4.78 is 55.7. The number of H-pyrrole nitrogens is 1. The normalized spacial score (nSPS) is 14.4. The standard InChI is InChI=1S/C35H39FN6O5S/c1-4-30(43)35-34(27-20-25(36)10-13-28(27)38-35)29-22-42(40-39-29)21-23-14-17-41(18-15-23)19-16-37-48(44,45)26-11-8-24(9-12-26)33-31(46-2)6-5-7-32(33)47-3/h5-13,20,22-23,37-38H,4,14-19,21H2,1-3H3. The number of aromatic amines is 1. The van der Waals surface area contributed by atoms with Gasteiger partial charge in [-0.2, -0.15) is 0 Å². The lowest BCUT2D eigenvalue weighted by molar-refractivity contribution is 0.0984. The number of sulfonamides is 1. The number of Topliss-reactive ketones (excluding diaryl/α,β-unsaturated/α-hetero) is 1. The molecule has 1 aliphatic heterocycles. The molecule has 2 aromatic heterocycles. The highest BCUT2D eigenvalue weighted by Gasteiger charge is 2.24. The Morgan fingerprint density at radius 3 is 2.40 bits per heavy atom. The molecule has 48 heavy (non-hydrogen) atoms. The molecule has 0 spiro atoms. The number of benzene rings is 3. The zero-order valence-corrected chi connectivity index (χ0v) is 28.0. The minimum atomic E-state index is -3.69. The number of carbonyl (C=O) groups excluding carboxylic acids is 1. The fraction of sp³-hybridized carbons (Fsp3) is 0.343. The van der Waals surface area contributed by atoms with Gasteiger partial charge in [-0.1, -0.05) is 30.3 Å². The van der Waals surface area contributed by atoms with Crippen LogP contribution in [0.15, 0.2) is 71.8 Å². The van der Waals surface area contributed by atoms with Crippen LogP contribution in [0.5, 0.6) is 11.5 Å². The van der Waals surface area contributed by atoms with Gasteiger partial charge in [0.2, 0.25) is 10.0 Å². The van der Waals surface area contributed by atoms with Crippen LogP contribution in [0.25, 0.3) is 33.3 Å². The van der Waals surface area contributed by atoms with Gasteiger partial charge in [0.1, 0.15) is 23.0 Å². The van der Waals surface area contributed by atoms with E-state index in [9.17, 15) is 17.6 Å². The van der Waals surface area contributed by atoms with E-state index in [-0.39, 0.29) is 16.5 Å². The molecule has 11 nitrogen and oxygen atoms in total. The van der Waals surface area contributed by atoms with E-state index in [2.05, 4.69) is 24.9 Å². The van der Waals surface area contributed by atoms with Gasteiger partial charge in [0, 0.05) is 42.5 Å². The average Bonchev–Trinajstić information content (AvgIpc) is 3.72. The Labute approximate surface area is 279 Å². The molecule has 0 aliphatic carbocycles. The highest BCUT2D eigenvalue weighted by atomic mass is 32.2. The molecule has 252 valence electrons. The number of aromatic nitrogens is 4. The van der Waals surface area contributed by atoms with E-state index in [0.717, 1.165) is 37.1 Å². The number of ketones is 1. The van der Waals surface area contributed by atoms with Crippen LogP contribution < -0.4 is 14.2 Å². The number of rotatable bonds is 13. The second-order valence-corrected chi connectivity index (χ2v) is 13.7. The highest BCUT2D eigenvalue weighted by molar-refractivity contribution is 7.89. The van der Waals surface area contributed by atoms with E-state index >= 15 is 0 Å². The quantitative estimate of drug-likeness (QED) is 0.156. The van der Waals surface area contributed by atoms with Crippen molar-refractivity contribution in [2.45, 2.75) is 37.6 Å². The summed E-state index contributed by atoms with van der Waals surface area (Å²) in [7, 11) is -0.519. The number of ether oxygens (including phenoxy) is 2. The van der Waals surface area contributed by atoms with Crippen molar-refractivity contribution >= 4 is 26.7 Å². The molecule has 1 fully saturated rings. The van der Waals surface area contributed by atoms with E-state index in [4.69, 9.17) is 9.47 Å². The number of carbonyl (C=O) groups is 1. The number of likely N-dealkylation sites (tertiary alicyclic amines) is 1. The summed E-state index contributed by atoms with van der Waals surface area (Å²) >= 11 is 0. The average molecular weight is 675 g/mol. The van der Waals surface area contributed by atoms with Crippen molar-refractivity contribution in [3.05, 3.63) is 78.4 Å². The van der Waals surface area contributed by atoms with E-state index < -0.39 is 10.0 Å². The van der Waals surface area contributed by atoms with Crippen molar-refractivity contribution in [3.63, 3.8) is 0 Å². The van der Waals surface area contributed by atoms with Crippen LogP contribution in [0.4, 0.5) is 4.39 Å². The van der Waals surface area contributed by atoms with Crippen LogP contribution in [0, 0.1) is 11.7 Å². The second kappa shape index (κ2) is 14.3. The number of fused-ring (bicyclic) bond motifs is 1. The number of nitrogens with zero attached hydrogens (tertiary/aromatic N) is 4. The largest absolute Gasteiger partial charge is 0.496 e. The topological polar surface area (TPSA) is 131 Å². The number of halogens is 1. The minimum Gasteiger partial charge on any atom is -0.496 e. The zero-order valence-electron chi connectivity index (χ0n) is 27.2. The molecule has 0 saturated carbocycles. The van der Waals surface area contributed by atoms with E-state index in [0.29, 0.717) is 71.3 Å². The number of hydrogen-bond donors (Lipinski definition) is 2. The first kappa shape index (κ1) is 33.3. The maximum absolute atomic E-state index is 14.1. The lowest BCUT2D eigenvalue weighted by atomic mass is 9.97. The second-order valence-electron chi connectivity index (χ2n) is 11.9. The molecule has 0 unspecified atom stereocenters. The van der Waals surface area contributed by atoms with Crippen molar-refractivity contribution in [1.82, 2.24) is 29.6 Å². The molecule has 5 aromatic rings. The van der Waals surface area contributed by atoms with Crippen molar-refractivity contribution in [3.8, 4) is 33.9 Å². The Balaban J connectivity index is 1.02. The number of piperidine rings is 1. The van der Waals surface area contributed by atoms with E-state index in [1.807, 2.05) is 24.4 Å². The fourth-order valence-electron chi connectivity index (χ4n) is 6.33. The van der Waals surface area contributed by atoms with E-state index in [1.165, 1.54) is 12.1 Å². The highest BCUT2D eigenvalue weighted by Crippen LogP contribution is 2.38. The van der Waals surface area contributed by atoms with Gasteiger partial charge in [0.05, 0.1) is 36.6 Å². The molecule has 0 bridgehead atoms. The van der Waals surface area contributed by atoms with Crippen LogP contribution in [0.1, 0.15) is 36.7 Å². The smallest absolute Gasteiger partial charge is 0.240 e. The molecule has 0 amide bonds. The third-order valence-corrected chi connectivity index (χ3v) is 10.4. The van der Waals surface area contributed by atoms with Gasteiger partial charge in [-0.3, -0.25) is 9.48 Å². The summed E-state index contributed by atoms with van der Waals surface area (Å²) in [5, 5.41) is 9.29. The molecule has 0 radical (unpaired) electrons. The fourth-order valence-corrected chi connectivity index (χ4v) is 7.35.